The third-order valence-corrected chi connectivity index (χ3v) is 6.29. The number of halogens is 4. The van der Waals surface area contributed by atoms with E-state index >= 15 is 0 Å². The molecule has 32 heavy (non-hydrogen) atoms. The van der Waals surface area contributed by atoms with Gasteiger partial charge in [-0.05, 0) is 48.8 Å². The third kappa shape index (κ3) is 6.15. The van der Waals surface area contributed by atoms with E-state index in [1.54, 1.807) is 0 Å². The van der Waals surface area contributed by atoms with E-state index in [1.165, 1.54) is 17.0 Å². The number of alkyl halides is 3. The SMILES string of the molecule is O=C(O)Nc1cccc(F)c1CN(CCC1CCSCC1)C(=O)c1cc(C(F)(F)F)n[nH]1. The summed E-state index contributed by atoms with van der Waals surface area (Å²) in [4.78, 5) is 25.3. The first kappa shape index (κ1) is 23.9. The molecule has 174 valence electrons. The van der Waals surface area contributed by atoms with Crippen LogP contribution < -0.4 is 5.32 Å². The summed E-state index contributed by atoms with van der Waals surface area (Å²) in [6.07, 6.45) is -3.61. The summed E-state index contributed by atoms with van der Waals surface area (Å²) < 4.78 is 53.3. The third-order valence-electron chi connectivity index (χ3n) is 5.24. The van der Waals surface area contributed by atoms with Gasteiger partial charge >= 0.3 is 12.3 Å². The smallest absolute Gasteiger partial charge is 0.435 e. The van der Waals surface area contributed by atoms with Gasteiger partial charge in [-0.1, -0.05) is 6.07 Å². The summed E-state index contributed by atoms with van der Waals surface area (Å²) in [5, 5.41) is 16.4. The van der Waals surface area contributed by atoms with Crippen LogP contribution >= 0.6 is 11.8 Å². The van der Waals surface area contributed by atoms with Crippen LogP contribution in [0.4, 0.5) is 28.0 Å². The summed E-state index contributed by atoms with van der Waals surface area (Å²) >= 11 is 1.84. The van der Waals surface area contributed by atoms with E-state index in [-0.39, 0.29) is 30.0 Å². The highest BCUT2D eigenvalue weighted by Crippen LogP contribution is 2.29. The Kier molecular flexibility index (Phi) is 7.64. The first-order valence-electron chi connectivity index (χ1n) is 9.92. The molecule has 1 aliphatic heterocycles. The molecule has 0 aliphatic carbocycles. The van der Waals surface area contributed by atoms with Crippen LogP contribution in [0.5, 0.6) is 0 Å². The van der Waals surface area contributed by atoms with Crippen molar-refractivity contribution in [3.8, 4) is 0 Å². The minimum atomic E-state index is -4.72. The second-order valence-electron chi connectivity index (χ2n) is 7.43. The zero-order valence-corrected chi connectivity index (χ0v) is 17.7. The number of hydrogen-bond donors (Lipinski definition) is 3. The fourth-order valence-corrected chi connectivity index (χ4v) is 4.72. The van der Waals surface area contributed by atoms with Crippen molar-refractivity contribution in [2.24, 2.45) is 5.92 Å². The maximum absolute atomic E-state index is 14.5. The van der Waals surface area contributed by atoms with Gasteiger partial charge in [0.15, 0.2) is 5.69 Å². The van der Waals surface area contributed by atoms with Gasteiger partial charge in [-0.25, -0.2) is 9.18 Å². The van der Waals surface area contributed by atoms with Gasteiger partial charge < -0.3 is 10.0 Å². The predicted molar refractivity (Wildman–Crippen MR) is 111 cm³/mol. The lowest BCUT2D eigenvalue weighted by Gasteiger charge is -2.27. The molecule has 1 aromatic heterocycles. The maximum Gasteiger partial charge on any atom is 0.435 e. The number of amides is 2. The quantitative estimate of drug-likeness (QED) is 0.499. The van der Waals surface area contributed by atoms with Crippen molar-refractivity contribution in [3.63, 3.8) is 0 Å². The largest absolute Gasteiger partial charge is 0.465 e. The lowest BCUT2D eigenvalue weighted by Crippen LogP contribution is -2.34. The summed E-state index contributed by atoms with van der Waals surface area (Å²) in [5.41, 5.74) is -1.71. The number of nitrogens with one attached hydrogen (secondary N) is 2. The summed E-state index contributed by atoms with van der Waals surface area (Å²) in [5.74, 6) is 0.824. The minimum absolute atomic E-state index is 0.0371. The zero-order chi connectivity index (χ0) is 23.3. The number of nitrogens with zero attached hydrogens (tertiary/aromatic N) is 2. The Morgan fingerprint density at radius 3 is 2.62 bits per heavy atom. The Balaban J connectivity index is 1.86. The van der Waals surface area contributed by atoms with Crippen LogP contribution in [-0.2, 0) is 12.7 Å². The Hall–Kier alpha value is -2.76. The highest BCUT2D eigenvalue weighted by molar-refractivity contribution is 7.99. The van der Waals surface area contributed by atoms with Crippen LogP contribution in [0.3, 0.4) is 0 Å². The Morgan fingerprint density at radius 2 is 2.00 bits per heavy atom. The highest BCUT2D eigenvalue weighted by atomic mass is 32.2. The van der Waals surface area contributed by atoms with Gasteiger partial charge in [0.05, 0.1) is 12.2 Å². The summed E-state index contributed by atoms with van der Waals surface area (Å²) in [6, 6.07) is 4.41. The summed E-state index contributed by atoms with van der Waals surface area (Å²) in [7, 11) is 0. The minimum Gasteiger partial charge on any atom is -0.465 e. The molecule has 0 spiro atoms. The molecule has 0 bridgehead atoms. The number of hydrogen-bond acceptors (Lipinski definition) is 4. The molecule has 0 atom stereocenters. The first-order valence-corrected chi connectivity index (χ1v) is 11.1. The molecule has 0 radical (unpaired) electrons. The molecule has 0 saturated carbocycles. The van der Waals surface area contributed by atoms with Gasteiger partial charge in [-0.15, -0.1) is 0 Å². The molecule has 2 amide bonds. The molecule has 3 rings (SSSR count). The van der Waals surface area contributed by atoms with Crippen LogP contribution in [0.1, 0.15) is 41.0 Å². The molecule has 7 nitrogen and oxygen atoms in total. The second kappa shape index (κ2) is 10.2. The van der Waals surface area contributed by atoms with Gasteiger partial charge in [0, 0.05) is 18.2 Å². The van der Waals surface area contributed by atoms with Gasteiger partial charge in [0.2, 0.25) is 0 Å². The van der Waals surface area contributed by atoms with E-state index in [9.17, 15) is 27.2 Å². The molecule has 3 N–H and O–H groups in total. The van der Waals surface area contributed by atoms with Gasteiger partial charge in [-0.3, -0.25) is 15.2 Å². The molecule has 12 heteroatoms. The van der Waals surface area contributed by atoms with E-state index in [0.29, 0.717) is 18.4 Å². The molecule has 1 aliphatic rings. The van der Waals surface area contributed by atoms with E-state index < -0.39 is 29.7 Å². The Morgan fingerprint density at radius 1 is 1.28 bits per heavy atom. The number of anilines is 1. The number of H-pyrrole nitrogens is 1. The number of carbonyl (C=O) groups excluding carboxylic acids is 1. The van der Waals surface area contributed by atoms with E-state index in [4.69, 9.17) is 5.11 Å². The van der Waals surface area contributed by atoms with Crippen LogP contribution in [0.25, 0.3) is 0 Å². The molecule has 0 unspecified atom stereocenters. The van der Waals surface area contributed by atoms with Crippen molar-refractivity contribution in [1.82, 2.24) is 15.1 Å². The zero-order valence-electron chi connectivity index (χ0n) is 16.9. The normalized spacial score (nSPS) is 14.9. The van der Waals surface area contributed by atoms with Crippen LogP contribution in [0.15, 0.2) is 24.3 Å². The second-order valence-corrected chi connectivity index (χ2v) is 8.66. The van der Waals surface area contributed by atoms with Crippen molar-refractivity contribution in [2.75, 3.05) is 23.4 Å². The van der Waals surface area contributed by atoms with Gasteiger partial charge in [-0.2, -0.15) is 30.0 Å². The lowest BCUT2D eigenvalue weighted by molar-refractivity contribution is -0.141. The Labute approximate surface area is 185 Å². The number of rotatable bonds is 7. The van der Waals surface area contributed by atoms with Gasteiger partial charge in [0.1, 0.15) is 11.5 Å². The van der Waals surface area contributed by atoms with Crippen molar-refractivity contribution in [1.29, 1.82) is 0 Å². The van der Waals surface area contributed by atoms with Crippen molar-refractivity contribution < 1.29 is 32.3 Å². The monoisotopic (exact) mass is 474 g/mol. The molecule has 2 heterocycles. The summed E-state index contributed by atoms with van der Waals surface area (Å²) in [6.45, 7) is -0.141. The molecular formula is C20H22F4N4O3S. The van der Waals surface area contributed by atoms with Crippen molar-refractivity contribution in [2.45, 2.75) is 32.0 Å². The van der Waals surface area contributed by atoms with E-state index in [1.807, 2.05) is 11.8 Å². The number of thioether (sulfide) groups is 1. The fraction of sp³-hybridized carbons (Fsp3) is 0.450. The highest BCUT2D eigenvalue weighted by Gasteiger charge is 2.35. The van der Waals surface area contributed by atoms with Crippen molar-refractivity contribution in [3.05, 3.63) is 47.0 Å². The van der Waals surface area contributed by atoms with Crippen LogP contribution in [-0.4, -0.2) is 50.3 Å². The lowest BCUT2D eigenvalue weighted by atomic mass is 9.98. The Bertz CT molecular complexity index is 961. The standard InChI is InChI=1S/C20H22F4N4O3S/c21-14-2-1-3-15(25-19(30)31)13(14)11-28(7-4-12-5-8-32-9-6-12)18(29)16-10-17(27-26-16)20(22,23)24/h1-3,10,12,25H,4-9,11H2,(H,26,27)(H,30,31). The molecule has 1 fully saturated rings. The van der Waals surface area contributed by atoms with Crippen molar-refractivity contribution >= 4 is 29.4 Å². The number of aromatic nitrogens is 2. The van der Waals surface area contributed by atoms with Gasteiger partial charge in [0.25, 0.3) is 5.91 Å². The molecule has 2 aromatic rings. The van der Waals surface area contributed by atoms with E-state index in [0.717, 1.165) is 30.4 Å². The van der Waals surface area contributed by atoms with Crippen LogP contribution in [0.2, 0.25) is 0 Å². The topological polar surface area (TPSA) is 98.3 Å². The fourth-order valence-electron chi connectivity index (χ4n) is 3.52. The number of aromatic amines is 1. The number of carbonyl (C=O) groups is 2. The molecule has 1 aromatic carbocycles. The average molecular weight is 474 g/mol. The average Bonchev–Trinajstić information content (AvgIpc) is 3.24. The predicted octanol–water partition coefficient (Wildman–Crippen LogP) is 4.83. The van der Waals surface area contributed by atoms with E-state index in [2.05, 4.69) is 15.5 Å². The first-order chi connectivity index (χ1) is 15.1. The number of benzene rings is 1. The van der Waals surface area contributed by atoms with Crippen LogP contribution in [0, 0.1) is 11.7 Å². The molecular weight excluding hydrogens is 452 g/mol. The maximum atomic E-state index is 14.5. The number of carboxylic acid groups (broad SMARTS) is 1. The molecule has 1 saturated heterocycles.